The van der Waals surface area contributed by atoms with Crippen LogP contribution in [0.15, 0.2) is 218 Å². The van der Waals surface area contributed by atoms with Crippen LogP contribution in [-0.4, -0.2) is 19.9 Å². The fraction of sp³-hybridized carbons (Fsp3) is 0.0508. The summed E-state index contributed by atoms with van der Waals surface area (Å²) >= 11 is 0. The van der Waals surface area contributed by atoms with Gasteiger partial charge in [-0.1, -0.05) is 184 Å². The van der Waals surface area contributed by atoms with E-state index in [2.05, 4.69) is 159 Å². The molecule has 0 saturated carbocycles. The van der Waals surface area contributed by atoms with Gasteiger partial charge in [0.15, 0.2) is 11.6 Å². The number of nitrogens with zero attached hydrogens (tertiary/aromatic N) is 4. The van der Waals surface area contributed by atoms with E-state index in [1.807, 2.05) is 72.8 Å². The summed E-state index contributed by atoms with van der Waals surface area (Å²) in [5.74, 6) is 3.09. The first-order valence-electron chi connectivity index (χ1n) is 21.6. The van der Waals surface area contributed by atoms with Crippen LogP contribution in [0.3, 0.4) is 0 Å². The number of benzene rings is 8. The number of hydrogen-bond acceptors (Lipinski definition) is 5. The van der Waals surface area contributed by atoms with Crippen LogP contribution >= 0.6 is 0 Å². The quantitative estimate of drug-likeness (QED) is 0.153. The molecule has 0 saturated heterocycles. The highest BCUT2D eigenvalue weighted by Gasteiger charge is 2.35. The van der Waals surface area contributed by atoms with E-state index in [0.29, 0.717) is 11.6 Å². The maximum absolute atomic E-state index is 6.66. The molecule has 304 valence electrons. The van der Waals surface area contributed by atoms with Crippen LogP contribution in [0.1, 0.15) is 25.0 Å². The van der Waals surface area contributed by atoms with Crippen LogP contribution < -0.4 is 4.74 Å². The number of ether oxygens (including phenoxy) is 1. The number of rotatable bonds is 8. The summed E-state index contributed by atoms with van der Waals surface area (Å²) in [5.41, 5.74) is 15.9. The number of hydrogen-bond donors (Lipinski definition) is 0. The maximum Gasteiger partial charge on any atom is 0.160 e. The van der Waals surface area contributed by atoms with Crippen LogP contribution in [0, 0.1) is 0 Å². The summed E-state index contributed by atoms with van der Waals surface area (Å²) < 4.78 is 6.66. The minimum absolute atomic E-state index is 0.362. The lowest BCUT2D eigenvalue weighted by Gasteiger charge is -2.35. The van der Waals surface area contributed by atoms with E-state index < -0.39 is 0 Å². The van der Waals surface area contributed by atoms with Crippen molar-refractivity contribution in [2.45, 2.75) is 19.3 Å². The zero-order chi connectivity index (χ0) is 43.0. The Hall–Kier alpha value is -8.28. The molecule has 64 heavy (non-hydrogen) atoms. The molecule has 1 aliphatic rings. The predicted molar refractivity (Wildman–Crippen MR) is 260 cm³/mol. The zero-order valence-electron chi connectivity index (χ0n) is 35.5. The van der Waals surface area contributed by atoms with Crippen molar-refractivity contribution in [2.24, 2.45) is 0 Å². The molecule has 0 spiro atoms. The molecule has 0 N–H and O–H groups in total. The first kappa shape index (κ1) is 38.6. The van der Waals surface area contributed by atoms with E-state index in [1.54, 1.807) is 0 Å². The van der Waals surface area contributed by atoms with Crippen molar-refractivity contribution < 1.29 is 4.74 Å². The topological polar surface area (TPSA) is 60.8 Å². The second-order valence-electron chi connectivity index (χ2n) is 16.7. The molecule has 0 aliphatic carbocycles. The highest BCUT2D eigenvalue weighted by atomic mass is 16.5. The van der Waals surface area contributed by atoms with Crippen LogP contribution in [0.25, 0.3) is 90.1 Å². The molecular weight excluding hydrogens is 781 g/mol. The predicted octanol–water partition coefficient (Wildman–Crippen LogP) is 15.0. The van der Waals surface area contributed by atoms with Crippen molar-refractivity contribution in [3.63, 3.8) is 0 Å². The molecule has 3 heterocycles. The average Bonchev–Trinajstić information content (AvgIpc) is 3.37. The lowest BCUT2D eigenvalue weighted by atomic mass is 9.74. The minimum atomic E-state index is -0.362. The van der Waals surface area contributed by atoms with Gasteiger partial charge in [0.1, 0.15) is 11.5 Å². The van der Waals surface area contributed by atoms with Crippen molar-refractivity contribution in [3.05, 3.63) is 230 Å². The standard InChI is InChI=1S/C59H42N4O/c1-59(2)49-35-45(43-25-15-27-47(33-43)57-60-51(39-17-7-3-8-18-39)37-52(61-57)40-19-9-4-10-20-40)29-31-55(49)64-56-32-30-46(36-50(56)59)44-26-16-28-48(34-44)58-62-53(41-21-11-5-12-22-41)38-54(63-58)42-23-13-6-14-24-42/h3-38H,1-2H3. The van der Waals surface area contributed by atoms with E-state index in [9.17, 15) is 0 Å². The summed E-state index contributed by atoms with van der Waals surface area (Å²) in [7, 11) is 0. The molecule has 10 aromatic rings. The Kier molecular flexibility index (Phi) is 9.78. The largest absolute Gasteiger partial charge is 0.457 e. The fourth-order valence-electron chi connectivity index (χ4n) is 8.69. The SMILES string of the molecule is CC1(C)c2cc(-c3cccc(-c4nc(-c5ccccc5)cc(-c5ccccc5)n4)c3)ccc2Oc2ccc(-c3cccc(-c4nc(-c5ccccc5)cc(-c5ccccc5)n4)c3)cc21. The highest BCUT2D eigenvalue weighted by Crippen LogP contribution is 2.50. The van der Waals surface area contributed by atoms with Crippen molar-refractivity contribution in [1.29, 1.82) is 0 Å². The first-order chi connectivity index (χ1) is 31.4. The minimum Gasteiger partial charge on any atom is -0.457 e. The van der Waals surface area contributed by atoms with E-state index in [1.165, 1.54) is 0 Å². The van der Waals surface area contributed by atoms with Gasteiger partial charge >= 0.3 is 0 Å². The van der Waals surface area contributed by atoms with Crippen LogP contribution in [0.2, 0.25) is 0 Å². The smallest absolute Gasteiger partial charge is 0.160 e. The lowest BCUT2D eigenvalue weighted by molar-refractivity contribution is 0.418. The van der Waals surface area contributed by atoms with Crippen molar-refractivity contribution in [1.82, 2.24) is 19.9 Å². The third-order valence-electron chi connectivity index (χ3n) is 12.2. The second-order valence-corrected chi connectivity index (χ2v) is 16.7. The highest BCUT2D eigenvalue weighted by molar-refractivity contribution is 5.79. The average molecular weight is 823 g/mol. The Morgan fingerprint density at radius 2 is 0.578 bits per heavy atom. The Balaban J connectivity index is 0.931. The summed E-state index contributed by atoms with van der Waals surface area (Å²) in [6.45, 7) is 4.57. The summed E-state index contributed by atoms with van der Waals surface area (Å²) in [4.78, 5) is 20.4. The maximum atomic E-state index is 6.66. The van der Waals surface area contributed by atoms with Gasteiger partial charge in [0, 0.05) is 49.9 Å². The van der Waals surface area contributed by atoms with Crippen LogP contribution in [0.5, 0.6) is 11.5 Å². The van der Waals surface area contributed by atoms with Gasteiger partial charge in [-0.15, -0.1) is 0 Å². The van der Waals surface area contributed by atoms with Gasteiger partial charge in [0.2, 0.25) is 0 Å². The Morgan fingerprint density at radius 3 is 0.922 bits per heavy atom. The van der Waals surface area contributed by atoms with Gasteiger partial charge < -0.3 is 4.74 Å². The first-order valence-corrected chi connectivity index (χ1v) is 21.6. The summed E-state index contributed by atoms with van der Waals surface area (Å²) in [6, 6.07) is 75.5. The second kappa shape index (κ2) is 16.2. The molecule has 0 unspecified atom stereocenters. The zero-order valence-corrected chi connectivity index (χ0v) is 35.5. The molecule has 5 nitrogen and oxygen atoms in total. The van der Waals surface area contributed by atoms with Crippen LogP contribution in [0.4, 0.5) is 0 Å². The molecule has 8 aromatic carbocycles. The summed E-state index contributed by atoms with van der Waals surface area (Å²) in [5, 5.41) is 0. The Bertz CT molecular complexity index is 2980. The van der Waals surface area contributed by atoms with Gasteiger partial charge in [0.05, 0.1) is 22.8 Å². The molecule has 0 atom stereocenters. The third-order valence-corrected chi connectivity index (χ3v) is 12.2. The molecule has 0 amide bonds. The van der Waals surface area contributed by atoms with E-state index in [4.69, 9.17) is 24.7 Å². The Labute approximate surface area is 373 Å². The van der Waals surface area contributed by atoms with Gasteiger partial charge in [-0.3, -0.25) is 0 Å². The lowest BCUT2D eigenvalue weighted by Crippen LogP contribution is -2.24. The molecule has 0 fully saturated rings. The Morgan fingerprint density at radius 1 is 0.281 bits per heavy atom. The third kappa shape index (κ3) is 7.43. The van der Waals surface area contributed by atoms with Crippen LogP contribution in [-0.2, 0) is 5.41 Å². The monoisotopic (exact) mass is 822 g/mol. The van der Waals surface area contributed by atoms with E-state index in [0.717, 1.165) is 101 Å². The molecule has 0 bridgehead atoms. The summed E-state index contributed by atoms with van der Waals surface area (Å²) in [6.07, 6.45) is 0. The molecular formula is C59H42N4O. The fourth-order valence-corrected chi connectivity index (χ4v) is 8.69. The van der Waals surface area contributed by atoms with Crippen molar-refractivity contribution in [2.75, 3.05) is 0 Å². The normalized spacial score (nSPS) is 12.5. The molecule has 11 rings (SSSR count). The molecule has 1 aliphatic heterocycles. The molecule has 5 heteroatoms. The molecule has 0 radical (unpaired) electrons. The van der Waals surface area contributed by atoms with Gasteiger partial charge in [-0.25, -0.2) is 19.9 Å². The van der Waals surface area contributed by atoms with Gasteiger partial charge in [-0.2, -0.15) is 0 Å². The molecule has 2 aromatic heterocycles. The van der Waals surface area contributed by atoms with Gasteiger partial charge in [-0.05, 0) is 70.8 Å². The van der Waals surface area contributed by atoms with Gasteiger partial charge in [0.25, 0.3) is 0 Å². The van der Waals surface area contributed by atoms with Crippen molar-refractivity contribution in [3.8, 4) is 102 Å². The number of aromatic nitrogens is 4. The number of fused-ring (bicyclic) bond motifs is 2. The van der Waals surface area contributed by atoms with Crippen molar-refractivity contribution >= 4 is 0 Å². The van der Waals surface area contributed by atoms with E-state index >= 15 is 0 Å². The van der Waals surface area contributed by atoms with E-state index in [-0.39, 0.29) is 5.41 Å².